The van der Waals surface area contributed by atoms with Crippen LogP contribution < -0.4 is 10.1 Å². The minimum atomic E-state index is -5.08. The van der Waals surface area contributed by atoms with E-state index < -0.39 is 23.8 Å². The van der Waals surface area contributed by atoms with Crippen molar-refractivity contribution in [2.45, 2.75) is 12.6 Å². The number of carbonyl (C=O) groups excluding carboxylic acids is 1. The van der Waals surface area contributed by atoms with E-state index in [1.165, 1.54) is 7.11 Å². The van der Waals surface area contributed by atoms with Gasteiger partial charge in [0.1, 0.15) is 17.4 Å². The topological polar surface area (TPSA) is 78.9 Å². The summed E-state index contributed by atoms with van der Waals surface area (Å²) in [6.07, 6.45) is -5.35. The van der Waals surface area contributed by atoms with Gasteiger partial charge in [-0.05, 0) is 0 Å². The zero-order valence-electron chi connectivity index (χ0n) is 13.7. The molecule has 2 N–H and O–H groups in total. The van der Waals surface area contributed by atoms with Crippen molar-refractivity contribution < 1.29 is 41.4 Å². The van der Waals surface area contributed by atoms with E-state index >= 15 is 0 Å². The Bertz CT molecular complexity index is 622. The zero-order valence-corrected chi connectivity index (χ0v) is 13.7. The van der Waals surface area contributed by atoms with Gasteiger partial charge in [-0.1, -0.05) is 0 Å². The maximum Gasteiger partial charge on any atom is 0.490 e. The molecule has 26 heavy (non-hydrogen) atoms. The van der Waals surface area contributed by atoms with Gasteiger partial charge in [-0.2, -0.15) is 13.2 Å². The van der Waals surface area contributed by atoms with Crippen LogP contribution in [-0.4, -0.2) is 61.3 Å². The number of nitrogens with one attached hydrogen (secondary N) is 1. The molecule has 1 aliphatic heterocycles. The molecule has 1 aromatic rings. The lowest BCUT2D eigenvalue weighted by Crippen LogP contribution is -2.47. The predicted molar refractivity (Wildman–Crippen MR) is 79.8 cm³/mol. The number of carbonyl (C=O) groups is 2. The number of nitrogens with zero attached hydrogens (tertiary/aromatic N) is 1. The van der Waals surface area contributed by atoms with Gasteiger partial charge in [0, 0.05) is 43.9 Å². The summed E-state index contributed by atoms with van der Waals surface area (Å²) in [5.41, 5.74) is -0.204. The standard InChI is InChI=1S/C13H16F2N2O2.C2HF3O2/c1-19-9-6-11(14)10(12(15)7-9)8-13(18)17-4-2-16-3-5-17;3-2(4,5)1(6)7/h6-7,16H,2-5,8H2,1H3;(H,6,7). The summed E-state index contributed by atoms with van der Waals surface area (Å²) in [5.74, 6) is -4.41. The van der Waals surface area contributed by atoms with Crippen LogP contribution in [0, 0.1) is 11.6 Å². The smallest absolute Gasteiger partial charge is 0.490 e. The molecule has 0 aliphatic carbocycles. The highest BCUT2D eigenvalue weighted by molar-refractivity contribution is 5.79. The maximum absolute atomic E-state index is 13.7. The van der Waals surface area contributed by atoms with E-state index in [1.807, 2.05) is 0 Å². The summed E-state index contributed by atoms with van der Waals surface area (Å²) in [6, 6.07) is 2.17. The van der Waals surface area contributed by atoms with Gasteiger partial charge in [0.2, 0.25) is 5.91 Å². The molecule has 146 valence electrons. The fourth-order valence-corrected chi connectivity index (χ4v) is 2.04. The first-order chi connectivity index (χ1) is 12.1. The molecule has 1 amide bonds. The first-order valence-corrected chi connectivity index (χ1v) is 7.36. The van der Waals surface area contributed by atoms with Crippen molar-refractivity contribution in [1.29, 1.82) is 0 Å². The van der Waals surface area contributed by atoms with Crippen molar-refractivity contribution in [1.82, 2.24) is 10.2 Å². The number of rotatable bonds is 3. The summed E-state index contributed by atoms with van der Waals surface area (Å²) >= 11 is 0. The number of methoxy groups -OCH3 is 1. The molecule has 0 saturated carbocycles. The van der Waals surface area contributed by atoms with Crippen LogP contribution in [0.15, 0.2) is 12.1 Å². The first-order valence-electron chi connectivity index (χ1n) is 7.36. The number of hydrogen-bond acceptors (Lipinski definition) is 4. The molecular formula is C15H17F5N2O4. The van der Waals surface area contributed by atoms with Gasteiger partial charge in [-0.25, -0.2) is 13.6 Å². The first kappa shape index (κ1) is 21.6. The van der Waals surface area contributed by atoms with Crippen LogP contribution in [0.3, 0.4) is 0 Å². The summed E-state index contributed by atoms with van der Waals surface area (Å²) < 4.78 is 63.9. The van der Waals surface area contributed by atoms with Gasteiger partial charge in [0.25, 0.3) is 0 Å². The van der Waals surface area contributed by atoms with E-state index in [0.29, 0.717) is 26.2 Å². The molecule has 1 heterocycles. The largest absolute Gasteiger partial charge is 0.497 e. The SMILES string of the molecule is COc1cc(F)c(CC(=O)N2CCNCC2)c(F)c1.O=C(O)C(F)(F)F. The van der Waals surface area contributed by atoms with Gasteiger partial charge < -0.3 is 20.1 Å². The quantitative estimate of drug-likeness (QED) is 0.774. The Morgan fingerprint density at radius 2 is 1.65 bits per heavy atom. The van der Waals surface area contributed by atoms with Gasteiger partial charge in [0.15, 0.2) is 0 Å². The molecule has 0 bridgehead atoms. The zero-order chi connectivity index (χ0) is 19.9. The summed E-state index contributed by atoms with van der Waals surface area (Å²) in [4.78, 5) is 22.5. The molecule has 6 nitrogen and oxygen atoms in total. The highest BCUT2D eigenvalue weighted by Crippen LogP contribution is 2.21. The average molecular weight is 384 g/mol. The number of ether oxygens (including phenoxy) is 1. The molecule has 1 saturated heterocycles. The summed E-state index contributed by atoms with van der Waals surface area (Å²) in [6.45, 7) is 2.55. The van der Waals surface area contributed by atoms with Crippen LogP contribution in [-0.2, 0) is 16.0 Å². The second-order valence-electron chi connectivity index (χ2n) is 5.18. The third kappa shape index (κ3) is 6.47. The van der Waals surface area contributed by atoms with Crippen LogP contribution in [0.1, 0.15) is 5.56 Å². The molecule has 1 aromatic carbocycles. The number of benzene rings is 1. The number of carboxylic acid groups (broad SMARTS) is 1. The van der Waals surface area contributed by atoms with Gasteiger partial charge in [-0.15, -0.1) is 0 Å². The van der Waals surface area contributed by atoms with E-state index in [4.69, 9.17) is 14.6 Å². The van der Waals surface area contributed by atoms with Crippen LogP contribution in [0.5, 0.6) is 5.75 Å². The maximum atomic E-state index is 13.7. The molecule has 0 radical (unpaired) electrons. The number of amides is 1. The van der Waals surface area contributed by atoms with Gasteiger partial charge in [0.05, 0.1) is 13.5 Å². The number of alkyl halides is 3. The van der Waals surface area contributed by atoms with Crippen LogP contribution in [0.4, 0.5) is 22.0 Å². The number of carboxylic acids is 1. The van der Waals surface area contributed by atoms with Gasteiger partial charge >= 0.3 is 12.1 Å². The Balaban J connectivity index is 0.000000412. The molecule has 11 heteroatoms. The third-order valence-corrected chi connectivity index (χ3v) is 3.39. The fourth-order valence-electron chi connectivity index (χ4n) is 2.04. The summed E-state index contributed by atoms with van der Waals surface area (Å²) in [5, 5.41) is 10.2. The molecule has 2 rings (SSSR count). The van der Waals surface area contributed by atoms with E-state index in [0.717, 1.165) is 12.1 Å². The number of piperazine rings is 1. The Morgan fingerprint density at radius 1 is 1.19 bits per heavy atom. The molecular weight excluding hydrogens is 367 g/mol. The second kappa shape index (κ2) is 9.32. The lowest BCUT2D eigenvalue weighted by molar-refractivity contribution is -0.192. The molecule has 0 spiro atoms. The fraction of sp³-hybridized carbons (Fsp3) is 0.467. The van der Waals surface area contributed by atoms with Crippen LogP contribution in [0.25, 0.3) is 0 Å². The van der Waals surface area contributed by atoms with Crippen molar-refractivity contribution >= 4 is 11.9 Å². The predicted octanol–water partition coefficient (Wildman–Crippen LogP) is 1.58. The van der Waals surface area contributed by atoms with Crippen molar-refractivity contribution in [2.24, 2.45) is 0 Å². The lowest BCUT2D eigenvalue weighted by Gasteiger charge is -2.27. The highest BCUT2D eigenvalue weighted by atomic mass is 19.4. The van der Waals surface area contributed by atoms with E-state index in [2.05, 4.69) is 5.32 Å². The Labute approximate surface area is 145 Å². The normalized spacial score (nSPS) is 14.3. The monoisotopic (exact) mass is 384 g/mol. The van der Waals surface area contributed by atoms with E-state index in [-0.39, 0.29) is 23.6 Å². The molecule has 1 aliphatic rings. The third-order valence-electron chi connectivity index (χ3n) is 3.39. The Morgan fingerprint density at radius 3 is 2.04 bits per heavy atom. The van der Waals surface area contributed by atoms with Crippen molar-refractivity contribution in [3.8, 4) is 5.75 Å². The lowest BCUT2D eigenvalue weighted by atomic mass is 10.1. The number of halogens is 5. The molecule has 0 aromatic heterocycles. The minimum absolute atomic E-state index is 0.105. The molecule has 0 unspecified atom stereocenters. The molecule has 1 fully saturated rings. The Kier molecular flexibility index (Phi) is 7.75. The van der Waals surface area contributed by atoms with E-state index in [1.54, 1.807) is 4.90 Å². The number of hydrogen-bond donors (Lipinski definition) is 2. The van der Waals surface area contributed by atoms with Crippen molar-refractivity contribution in [2.75, 3.05) is 33.3 Å². The second-order valence-corrected chi connectivity index (χ2v) is 5.18. The van der Waals surface area contributed by atoms with Gasteiger partial charge in [-0.3, -0.25) is 4.79 Å². The Hall–Kier alpha value is -2.43. The van der Waals surface area contributed by atoms with Crippen molar-refractivity contribution in [3.63, 3.8) is 0 Å². The average Bonchev–Trinajstić information content (AvgIpc) is 2.58. The minimum Gasteiger partial charge on any atom is -0.497 e. The molecule has 0 atom stereocenters. The summed E-state index contributed by atoms with van der Waals surface area (Å²) in [7, 11) is 1.33. The van der Waals surface area contributed by atoms with E-state index in [9.17, 15) is 26.7 Å². The van der Waals surface area contributed by atoms with Crippen molar-refractivity contribution in [3.05, 3.63) is 29.3 Å². The van der Waals surface area contributed by atoms with Crippen LogP contribution in [0.2, 0.25) is 0 Å². The number of aliphatic carboxylic acids is 1. The highest BCUT2D eigenvalue weighted by Gasteiger charge is 2.38. The van der Waals surface area contributed by atoms with Crippen LogP contribution >= 0.6 is 0 Å².